The van der Waals surface area contributed by atoms with Gasteiger partial charge in [0.1, 0.15) is 26.4 Å². The maximum Gasteiger partial charge on any atom is 0.672 e. The van der Waals surface area contributed by atoms with Crippen LogP contribution in [0.1, 0.15) is 0 Å². The van der Waals surface area contributed by atoms with Gasteiger partial charge in [-0.1, -0.05) is 60.7 Å². The van der Waals surface area contributed by atoms with Crippen molar-refractivity contribution in [2.24, 2.45) is 0 Å². The molecule has 0 bridgehead atoms. The lowest BCUT2D eigenvalue weighted by atomic mass is 10.4. The Kier molecular flexibility index (Phi) is 10.6. The molecule has 0 fully saturated rings. The highest BCUT2D eigenvalue weighted by molar-refractivity contribution is 6.96. The van der Waals surface area contributed by atoms with Crippen molar-refractivity contribution in [2.45, 2.75) is 24.7 Å². The fraction of sp³-hybridized carbons (Fsp3) is 0.400. The average molecular weight is 623 g/mol. The summed E-state index contributed by atoms with van der Waals surface area (Å²) in [6, 6.07) is 11.8. The predicted octanol–water partition coefficient (Wildman–Crippen LogP) is 5.01. The minimum Gasteiger partial charge on any atom is -0.379 e. The summed E-state index contributed by atoms with van der Waals surface area (Å²) in [7, 11) is -11.5. The monoisotopic (exact) mass is 622 g/mol. The van der Waals surface area contributed by atoms with Gasteiger partial charge in [0.2, 0.25) is 0 Å². The van der Waals surface area contributed by atoms with Gasteiger partial charge < -0.3 is 21.8 Å². The minimum absolute atomic E-state index is 0.348. The van der Waals surface area contributed by atoms with Crippen molar-refractivity contribution in [2.75, 3.05) is 26.4 Å². The number of alkyl halides is 12. The summed E-state index contributed by atoms with van der Waals surface area (Å²) >= 11 is 0. The smallest absolute Gasteiger partial charge is 0.379 e. The number of hydrogen-bond acceptors (Lipinski definition) is 5. The molecule has 0 aliphatic carbocycles. The quantitative estimate of drug-likeness (QED) is 0.246. The van der Waals surface area contributed by atoms with Gasteiger partial charge in [-0.05, 0) is 10.4 Å². The first-order chi connectivity index (χ1) is 17.7. The van der Waals surface area contributed by atoms with Crippen molar-refractivity contribution in [1.82, 2.24) is 0 Å². The maximum atomic E-state index is 13.3. The van der Waals surface area contributed by atoms with Crippen LogP contribution in [0.2, 0.25) is 0 Å². The topological polar surface area (TPSA) is 46.2 Å². The van der Waals surface area contributed by atoms with Crippen LogP contribution in [-0.2, 0) is 21.8 Å². The molecular formula is C20H18F12O5Si2. The van der Waals surface area contributed by atoms with Crippen molar-refractivity contribution in [1.29, 1.82) is 0 Å². The highest BCUT2D eigenvalue weighted by Gasteiger charge is 2.61. The first-order valence-corrected chi connectivity index (χ1v) is 13.8. The van der Waals surface area contributed by atoms with E-state index in [1.807, 2.05) is 0 Å². The predicted molar refractivity (Wildman–Crippen MR) is 113 cm³/mol. The van der Waals surface area contributed by atoms with Crippen molar-refractivity contribution in [3.05, 3.63) is 60.7 Å². The van der Waals surface area contributed by atoms with Gasteiger partial charge >= 0.3 is 42.3 Å². The average Bonchev–Trinajstić information content (AvgIpc) is 2.82. The molecule has 0 radical (unpaired) electrons. The minimum atomic E-state index is -6.31. The number of rotatable bonds is 12. The molecule has 2 rings (SSSR count). The van der Waals surface area contributed by atoms with Crippen LogP contribution in [0.15, 0.2) is 60.7 Å². The molecule has 220 valence electrons. The molecule has 0 aliphatic rings. The highest BCUT2D eigenvalue weighted by Crippen LogP contribution is 2.30. The number of halogens is 12. The molecule has 0 aromatic heterocycles. The van der Waals surface area contributed by atoms with Crippen LogP contribution in [0, 0.1) is 0 Å². The van der Waals surface area contributed by atoms with E-state index in [4.69, 9.17) is 8.54 Å². The zero-order chi connectivity index (χ0) is 29.6. The second kappa shape index (κ2) is 12.6. The second-order valence-corrected chi connectivity index (χ2v) is 12.9. The SMILES string of the molecule is FC(F)(F)CO[Si](OCC(F)(F)F)(OCC(F)(F)F)O[Si](OCC(F)(F)F)(c1ccccc1)c1ccccc1. The molecule has 0 amide bonds. The van der Waals surface area contributed by atoms with E-state index in [9.17, 15) is 52.7 Å². The summed E-state index contributed by atoms with van der Waals surface area (Å²) in [6.07, 6.45) is -21.2. The number of benzene rings is 2. The van der Waals surface area contributed by atoms with Crippen LogP contribution in [0.5, 0.6) is 0 Å². The van der Waals surface area contributed by atoms with Gasteiger partial charge in [0.25, 0.3) is 0 Å². The van der Waals surface area contributed by atoms with Crippen LogP contribution < -0.4 is 10.4 Å². The lowest BCUT2D eigenvalue weighted by Gasteiger charge is -2.39. The third-order valence-electron chi connectivity index (χ3n) is 4.25. The van der Waals surface area contributed by atoms with Gasteiger partial charge in [-0.3, -0.25) is 0 Å². The third-order valence-corrected chi connectivity index (χ3v) is 10.6. The van der Waals surface area contributed by atoms with Crippen LogP contribution >= 0.6 is 0 Å². The molecule has 0 N–H and O–H groups in total. The van der Waals surface area contributed by atoms with Gasteiger partial charge in [0, 0.05) is 0 Å². The fourth-order valence-electron chi connectivity index (χ4n) is 2.88. The summed E-state index contributed by atoms with van der Waals surface area (Å²) in [5.41, 5.74) is 0. The molecule has 0 heterocycles. The fourth-order valence-corrected chi connectivity index (χ4v) is 9.74. The zero-order valence-electron chi connectivity index (χ0n) is 19.2. The molecule has 0 unspecified atom stereocenters. The lowest BCUT2D eigenvalue weighted by molar-refractivity contribution is -0.206. The van der Waals surface area contributed by atoms with Crippen molar-refractivity contribution in [3.63, 3.8) is 0 Å². The van der Waals surface area contributed by atoms with Crippen molar-refractivity contribution < 1.29 is 74.5 Å². The summed E-state index contributed by atoms with van der Waals surface area (Å²) in [5.74, 6) is 0. The Morgan fingerprint density at radius 3 is 1.00 bits per heavy atom. The van der Waals surface area contributed by atoms with Crippen molar-refractivity contribution >= 4 is 28.0 Å². The van der Waals surface area contributed by atoms with E-state index in [2.05, 4.69) is 13.3 Å². The van der Waals surface area contributed by atoms with E-state index < -0.39 is 68.7 Å². The van der Waals surface area contributed by atoms with Crippen LogP contribution in [-0.4, -0.2) is 68.7 Å². The molecule has 0 saturated heterocycles. The molecular weight excluding hydrogens is 604 g/mol. The zero-order valence-corrected chi connectivity index (χ0v) is 21.2. The molecule has 0 spiro atoms. The van der Waals surface area contributed by atoms with E-state index in [0.717, 1.165) is 24.3 Å². The lowest BCUT2D eigenvalue weighted by Crippen LogP contribution is -2.71. The Bertz CT molecular complexity index is 929. The van der Waals surface area contributed by atoms with Gasteiger partial charge in [0.15, 0.2) is 0 Å². The first kappa shape index (κ1) is 33.0. The van der Waals surface area contributed by atoms with Crippen LogP contribution in [0.3, 0.4) is 0 Å². The normalized spacial score (nSPS) is 14.1. The summed E-state index contributed by atoms with van der Waals surface area (Å²) in [4.78, 5) is 0. The van der Waals surface area contributed by atoms with Gasteiger partial charge in [0.05, 0.1) is 0 Å². The molecule has 2 aromatic rings. The Hall–Kier alpha value is -2.17. The number of hydrogen-bond donors (Lipinski definition) is 0. The summed E-state index contributed by atoms with van der Waals surface area (Å²) in [6.45, 7) is -9.74. The summed E-state index contributed by atoms with van der Waals surface area (Å²) < 4.78 is 181. The Morgan fingerprint density at radius 1 is 0.436 bits per heavy atom. The Morgan fingerprint density at radius 2 is 0.718 bits per heavy atom. The van der Waals surface area contributed by atoms with E-state index in [1.165, 1.54) is 36.4 Å². The van der Waals surface area contributed by atoms with Crippen LogP contribution in [0.4, 0.5) is 52.7 Å². The molecule has 5 nitrogen and oxygen atoms in total. The van der Waals surface area contributed by atoms with Gasteiger partial charge in [-0.2, -0.15) is 52.7 Å². The third kappa shape index (κ3) is 11.5. The molecule has 0 atom stereocenters. The molecule has 0 saturated carbocycles. The van der Waals surface area contributed by atoms with Crippen molar-refractivity contribution in [3.8, 4) is 0 Å². The summed E-state index contributed by atoms with van der Waals surface area (Å²) in [5, 5.41) is -0.696. The van der Waals surface area contributed by atoms with Gasteiger partial charge in [-0.15, -0.1) is 0 Å². The van der Waals surface area contributed by atoms with Gasteiger partial charge in [-0.25, -0.2) is 0 Å². The maximum absolute atomic E-state index is 13.3. The second-order valence-electron chi connectivity index (χ2n) is 7.57. The first-order valence-electron chi connectivity index (χ1n) is 10.4. The van der Waals surface area contributed by atoms with Crippen LogP contribution in [0.25, 0.3) is 0 Å². The van der Waals surface area contributed by atoms with E-state index in [0.29, 0.717) is 0 Å². The molecule has 19 heteroatoms. The standard InChI is InChI=1S/C20H18F12O5Si2/c21-17(22,23)11-33-38(15-7-3-1-4-8-15,16-9-5-2-6-10-16)37-39(34-12-18(24,25)26,35-13-19(27,28)29)36-14-20(30,31)32/h1-10H,11-14H2. The largest absolute Gasteiger partial charge is 0.672 e. The van der Waals surface area contributed by atoms with E-state index in [-0.39, 0.29) is 10.4 Å². The Labute approximate surface area is 214 Å². The molecule has 39 heavy (non-hydrogen) atoms. The molecule has 0 aliphatic heterocycles. The van der Waals surface area contributed by atoms with E-state index >= 15 is 0 Å². The van der Waals surface area contributed by atoms with E-state index in [1.54, 1.807) is 0 Å². The Balaban J connectivity index is 2.80. The highest BCUT2D eigenvalue weighted by atomic mass is 28.5. The molecule has 2 aromatic carbocycles.